The van der Waals surface area contributed by atoms with E-state index in [-0.39, 0.29) is 119 Å². The predicted molar refractivity (Wildman–Crippen MR) is 88.1 cm³/mol. The summed E-state index contributed by atoms with van der Waals surface area (Å²) in [6.07, 6.45) is 2.90. The number of allylic oxidation sites excluding steroid dienone is 2. The molecule has 1 unspecified atom stereocenters. The molecule has 0 aromatic heterocycles. The maximum Gasteiger partial charge on any atom is 1.00 e. The molecular weight excluding hydrogens is 480 g/mol. The standard InChI is InChI=1S/C16H12O6.CH3O5P.3Na/c17-10-2-1-8-13-9-4-12(19)11(18)3-7(9)5-16(13,21)6-22-15(8)14(10)20;2-1(3)7(4,5)6;;;/h1-4,18-21H,5-6H2;(H,2,3)(H2,4,5,6);;;/q;;3*+1/p-3. The average molecular weight is 492 g/mol. The van der Waals surface area contributed by atoms with Crippen LogP contribution in [0.5, 0.6) is 11.5 Å². The van der Waals surface area contributed by atoms with E-state index in [9.17, 15) is 25.2 Å². The number of carbonyl (C=O) groups excluding carboxylic acids is 2. The Balaban J connectivity index is 0.000000849. The predicted octanol–water partition coefficient (Wildman–Crippen LogP) is -10.7. The van der Waals surface area contributed by atoms with Crippen LogP contribution >= 0.6 is 7.60 Å². The molecule has 3 aliphatic rings. The van der Waals surface area contributed by atoms with E-state index in [0.717, 1.165) is 0 Å². The zero-order valence-electron chi connectivity index (χ0n) is 17.3. The molecule has 2 aliphatic carbocycles. The van der Waals surface area contributed by atoms with Gasteiger partial charge in [-0.3, -0.25) is 4.79 Å². The van der Waals surface area contributed by atoms with Crippen LogP contribution in [0.25, 0.3) is 5.57 Å². The number of hydrogen-bond acceptors (Lipinski definition) is 11. The Kier molecular flexibility index (Phi) is 11.5. The fourth-order valence-corrected chi connectivity index (χ4v) is 3.26. The first-order valence-electron chi connectivity index (χ1n) is 7.90. The molecule has 0 bridgehead atoms. The van der Waals surface area contributed by atoms with Crippen molar-refractivity contribution in [2.75, 3.05) is 6.61 Å². The Bertz CT molecular complexity index is 1090. The number of phenolic OH excluding ortho intramolecular Hbond substituents is 2. The Labute approximate surface area is 247 Å². The minimum absolute atomic E-state index is 0. The topological polar surface area (TPSA) is 211 Å². The van der Waals surface area contributed by atoms with Crippen molar-refractivity contribution in [2.45, 2.75) is 12.0 Å². The number of carboxylic acid groups (broad SMARTS) is 1. The number of fused-ring (bicyclic) bond motifs is 4. The number of aliphatic hydroxyl groups excluding tert-OH is 1. The Morgan fingerprint density at radius 3 is 2.12 bits per heavy atom. The van der Waals surface area contributed by atoms with Gasteiger partial charge in [0.15, 0.2) is 17.3 Å². The summed E-state index contributed by atoms with van der Waals surface area (Å²) in [5.41, 5.74) is -1.77. The molecule has 1 heterocycles. The van der Waals surface area contributed by atoms with Crippen molar-refractivity contribution in [1.82, 2.24) is 0 Å². The van der Waals surface area contributed by atoms with Crippen molar-refractivity contribution in [3.8, 4) is 11.5 Å². The van der Waals surface area contributed by atoms with Crippen molar-refractivity contribution < 1.29 is 143 Å². The SMILES string of the molecule is O=C([O-])P(=O)([O-])[O-].O=C1C=CC2=C3c4cc(O)c(O)cc4CC3(O)COC2=C1O.[Na+].[Na+].[Na+]. The van der Waals surface area contributed by atoms with Gasteiger partial charge in [-0.2, -0.15) is 0 Å². The third kappa shape index (κ3) is 6.11. The second-order valence-electron chi connectivity index (χ2n) is 6.42. The smallest absolute Gasteiger partial charge is 0.807 e. The van der Waals surface area contributed by atoms with Crippen molar-refractivity contribution in [1.29, 1.82) is 0 Å². The third-order valence-electron chi connectivity index (χ3n) is 4.46. The molecule has 0 saturated carbocycles. The molecule has 0 saturated heterocycles. The molecule has 0 fully saturated rings. The van der Waals surface area contributed by atoms with Gasteiger partial charge in [-0.15, -0.1) is 0 Å². The molecule has 15 heteroatoms. The largest absolute Gasteiger partial charge is 1.00 e. The van der Waals surface area contributed by atoms with Crippen LogP contribution in [0.2, 0.25) is 0 Å². The van der Waals surface area contributed by atoms with Crippen molar-refractivity contribution in [3.63, 3.8) is 0 Å². The molecule has 11 nitrogen and oxygen atoms in total. The van der Waals surface area contributed by atoms with Crippen molar-refractivity contribution >= 4 is 24.7 Å². The van der Waals surface area contributed by atoms with E-state index in [2.05, 4.69) is 0 Å². The number of aromatic hydroxyl groups is 2. The summed E-state index contributed by atoms with van der Waals surface area (Å²) in [6, 6.07) is 2.77. The van der Waals surface area contributed by atoms with Crippen LogP contribution in [0.15, 0.2) is 41.4 Å². The molecule has 4 rings (SSSR count). The summed E-state index contributed by atoms with van der Waals surface area (Å²) in [6.45, 7) is -0.122. The molecule has 0 radical (unpaired) electrons. The number of benzene rings is 1. The van der Waals surface area contributed by atoms with Crippen LogP contribution in [0, 0.1) is 0 Å². The molecule has 1 aliphatic heterocycles. The van der Waals surface area contributed by atoms with Crippen LogP contribution in [-0.2, 0) is 20.5 Å². The first-order valence-corrected chi connectivity index (χ1v) is 9.44. The number of rotatable bonds is 1. The van der Waals surface area contributed by atoms with Gasteiger partial charge in [-0.05, 0) is 43.0 Å². The van der Waals surface area contributed by atoms with Crippen LogP contribution < -0.4 is 104 Å². The minimum atomic E-state index is -5.43. The van der Waals surface area contributed by atoms with Gasteiger partial charge < -0.3 is 49.4 Å². The second kappa shape index (κ2) is 11.5. The molecule has 1 atom stereocenters. The van der Waals surface area contributed by atoms with Crippen LogP contribution in [-0.4, -0.2) is 44.1 Å². The normalized spacial score (nSPS) is 20.2. The van der Waals surface area contributed by atoms with Gasteiger partial charge in [-0.1, -0.05) is 0 Å². The Morgan fingerprint density at radius 2 is 1.59 bits per heavy atom. The van der Waals surface area contributed by atoms with E-state index >= 15 is 0 Å². The maximum atomic E-state index is 11.5. The van der Waals surface area contributed by atoms with E-state index in [1.165, 1.54) is 24.3 Å². The fraction of sp³-hybridized carbons (Fsp3) is 0.176. The monoisotopic (exact) mass is 492 g/mol. The summed E-state index contributed by atoms with van der Waals surface area (Å²) < 4.78 is 14.5. The number of phenols is 2. The molecule has 0 spiro atoms. The number of ketones is 1. The van der Waals surface area contributed by atoms with E-state index in [0.29, 0.717) is 22.3 Å². The van der Waals surface area contributed by atoms with Gasteiger partial charge in [0, 0.05) is 17.6 Å². The first kappa shape index (κ1) is 31.9. The Morgan fingerprint density at radius 1 is 1.06 bits per heavy atom. The number of carbonyl (C=O) groups is 2. The van der Waals surface area contributed by atoms with Crippen LogP contribution in [0.3, 0.4) is 0 Å². The van der Waals surface area contributed by atoms with Gasteiger partial charge in [0.05, 0.1) is 5.71 Å². The van der Waals surface area contributed by atoms with Crippen LogP contribution in [0.4, 0.5) is 4.79 Å². The van der Waals surface area contributed by atoms with Gasteiger partial charge >= 0.3 is 88.7 Å². The van der Waals surface area contributed by atoms with Crippen molar-refractivity contribution in [2.24, 2.45) is 0 Å². The second-order valence-corrected chi connectivity index (χ2v) is 7.78. The average Bonchev–Trinajstić information content (AvgIpc) is 2.89. The minimum Gasteiger partial charge on any atom is -0.807 e. The van der Waals surface area contributed by atoms with E-state index in [4.69, 9.17) is 29.0 Å². The zero-order chi connectivity index (χ0) is 21.7. The summed E-state index contributed by atoms with van der Waals surface area (Å²) in [7, 11) is -5.43. The molecule has 0 amide bonds. The zero-order valence-corrected chi connectivity index (χ0v) is 24.2. The Hall–Kier alpha value is -0.110. The van der Waals surface area contributed by atoms with E-state index < -0.39 is 30.4 Å². The van der Waals surface area contributed by atoms with Gasteiger partial charge in [0.25, 0.3) is 0 Å². The summed E-state index contributed by atoms with van der Waals surface area (Å²) in [5.74, 6) is -1.58. The first-order chi connectivity index (χ1) is 13.3. The number of ether oxygens (including phenoxy) is 1. The number of hydrogen-bond donors (Lipinski definition) is 4. The maximum absolute atomic E-state index is 11.5. The molecule has 32 heavy (non-hydrogen) atoms. The van der Waals surface area contributed by atoms with Gasteiger partial charge in [0.1, 0.15) is 12.2 Å². The molecule has 4 N–H and O–H groups in total. The summed E-state index contributed by atoms with van der Waals surface area (Å²) in [4.78, 5) is 38.8. The molecular formula is C17H12Na3O11P. The van der Waals surface area contributed by atoms with Crippen molar-refractivity contribution in [3.05, 3.63) is 52.5 Å². The summed E-state index contributed by atoms with van der Waals surface area (Å²) >= 11 is 0. The summed E-state index contributed by atoms with van der Waals surface area (Å²) in [5, 5.41) is 49.1. The van der Waals surface area contributed by atoms with Gasteiger partial charge in [0.2, 0.25) is 11.5 Å². The third-order valence-corrected chi connectivity index (χ3v) is 4.91. The number of aliphatic hydroxyl groups is 2. The van der Waals surface area contributed by atoms with Gasteiger partial charge in [-0.25, -0.2) is 0 Å². The molecule has 154 valence electrons. The van der Waals surface area contributed by atoms with E-state index in [1.807, 2.05) is 0 Å². The van der Waals surface area contributed by atoms with Crippen LogP contribution in [0.1, 0.15) is 11.1 Å². The fourth-order valence-electron chi connectivity index (χ4n) is 3.26. The molecule has 1 aromatic rings. The van der Waals surface area contributed by atoms with E-state index in [1.54, 1.807) is 0 Å². The quantitative estimate of drug-likeness (QED) is 0.164. The molecule has 1 aromatic carbocycles.